The molecule has 0 aliphatic rings. The summed E-state index contributed by atoms with van der Waals surface area (Å²) in [5.74, 6) is -0.475. The summed E-state index contributed by atoms with van der Waals surface area (Å²) in [6, 6.07) is 15.3. The first-order valence-corrected chi connectivity index (χ1v) is 12.0. The number of hydrogen-bond donors (Lipinski definition) is 2. The number of sulfonamides is 1. The predicted octanol–water partition coefficient (Wildman–Crippen LogP) is 1.53. The molecular weight excluding hydrogens is 444 g/mol. The van der Waals surface area contributed by atoms with Gasteiger partial charge in [-0.3, -0.25) is 14.5 Å². The molecule has 2 aromatic carbocycles. The Kier molecular flexibility index (Phi) is 10.5. The van der Waals surface area contributed by atoms with Crippen molar-refractivity contribution in [2.75, 3.05) is 52.8 Å². The minimum Gasteiger partial charge on any atom is -0.385 e. The summed E-state index contributed by atoms with van der Waals surface area (Å²) in [7, 11) is 1.14. The fourth-order valence-corrected chi connectivity index (χ4v) is 4.22. The van der Waals surface area contributed by atoms with Crippen molar-refractivity contribution in [2.24, 2.45) is 0 Å². The molecule has 0 fully saturated rings. The van der Waals surface area contributed by atoms with Crippen molar-refractivity contribution in [3.63, 3.8) is 0 Å². The molecule has 0 unspecified atom stereocenters. The topological polar surface area (TPSA) is 108 Å². The molecule has 0 spiro atoms. The maximum Gasteiger partial charge on any atom is 0.243 e. The average molecular weight is 477 g/mol. The summed E-state index contributed by atoms with van der Waals surface area (Å²) >= 11 is 0. The van der Waals surface area contributed by atoms with Crippen molar-refractivity contribution in [2.45, 2.75) is 17.9 Å². The molecule has 0 heterocycles. The lowest BCUT2D eigenvalue weighted by atomic mass is 10.2. The number of anilines is 1. The van der Waals surface area contributed by atoms with Crippen LogP contribution in [0, 0.1) is 0 Å². The van der Waals surface area contributed by atoms with E-state index in [0.717, 1.165) is 12.0 Å². The van der Waals surface area contributed by atoms with Crippen LogP contribution in [0.4, 0.5) is 5.69 Å². The number of methoxy groups -OCH3 is 1. The van der Waals surface area contributed by atoms with E-state index in [-0.39, 0.29) is 36.3 Å². The molecule has 10 heteroatoms. The van der Waals surface area contributed by atoms with E-state index in [9.17, 15) is 18.0 Å². The van der Waals surface area contributed by atoms with Crippen molar-refractivity contribution in [1.29, 1.82) is 0 Å². The van der Waals surface area contributed by atoms with Crippen molar-refractivity contribution in [1.82, 2.24) is 14.5 Å². The molecule has 0 radical (unpaired) electrons. The average Bonchev–Trinajstić information content (AvgIpc) is 2.77. The van der Waals surface area contributed by atoms with Gasteiger partial charge in [-0.2, -0.15) is 4.31 Å². The van der Waals surface area contributed by atoms with Crippen LogP contribution < -0.4 is 10.6 Å². The van der Waals surface area contributed by atoms with Gasteiger partial charge in [0.25, 0.3) is 0 Å². The zero-order valence-corrected chi connectivity index (χ0v) is 20.1. The molecule has 0 bridgehead atoms. The first kappa shape index (κ1) is 26.5. The summed E-state index contributed by atoms with van der Waals surface area (Å²) < 4.78 is 31.8. The third kappa shape index (κ3) is 8.93. The Balaban J connectivity index is 1.85. The monoisotopic (exact) mass is 476 g/mol. The highest BCUT2D eigenvalue weighted by molar-refractivity contribution is 7.89. The van der Waals surface area contributed by atoms with E-state index in [0.29, 0.717) is 18.8 Å². The molecule has 0 aromatic heterocycles. The van der Waals surface area contributed by atoms with E-state index in [1.165, 1.54) is 23.5 Å². The molecule has 2 rings (SSSR count). The highest BCUT2D eigenvalue weighted by Gasteiger charge is 2.21. The molecule has 2 N–H and O–H groups in total. The van der Waals surface area contributed by atoms with Gasteiger partial charge in [-0.05, 0) is 43.3 Å². The van der Waals surface area contributed by atoms with Gasteiger partial charge >= 0.3 is 0 Å². The standard InChI is InChI=1S/C23H32N4O5S/c1-26(17-22(28)24-14-7-15-32-3)18-23(29)25-20-10-12-21(13-11-20)33(30,31)27(2)16-19-8-5-4-6-9-19/h4-6,8-13H,7,14-18H2,1-3H3,(H,24,28)(H,25,29). The zero-order chi connectivity index (χ0) is 24.3. The minimum absolute atomic E-state index is 0.0192. The fraction of sp³-hybridized carbons (Fsp3) is 0.391. The van der Waals surface area contributed by atoms with E-state index in [1.54, 1.807) is 31.2 Å². The van der Waals surface area contributed by atoms with Gasteiger partial charge < -0.3 is 15.4 Å². The van der Waals surface area contributed by atoms with Crippen LogP contribution in [0.3, 0.4) is 0 Å². The SMILES string of the molecule is COCCCNC(=O)CN(C)CC(=O)Nc1ccc(S(=O)(=O)N(C)Cc2ccccc2)cc1. The minimum atomic E-state index is -3.67. The molecule has 2 aromatic rings. The van der Waals surface area contributed by atoms with Gasteiger partial charge in [0.05, 0.1) is 18.0 Å². The van der Waals surface area contributed by atoms with Crippen LogP contribution in [0.25, 0.3) is 0 Å². The molecule has 33 heavy (non-hydrogen) atoms. The van der Waals surface area contributed by atoms with Gasteiger partial charge in [0.2, 0.25) is 21.8 Å². The zero-order valence-electron chi connectivity index (χ0n) is 19.3. The van der Waals surface area contributed by atoms with Crippen molar-refractivity contribution >= 4 is 27.5 Å². The number of benzene rings is 2. The Labute approximate surface area is 195 Å². The number of carbonyl (C=O) groups is 2. The first-order valence-electron chi connectivity index (χ1n) is 10.6. The number of carbonyl (C=O) groups excluding carboxylic acids is 2. The maximum absolute atomic E-state index is 12.8. The smallest absolute Gasteiger partial charge is 0.243 e. The molecule has 2 amide bonds. The van der Waals surface area contributed by atoms with E-state index in [2.05, 4.69) is 10.6 Å². The summed E-state index contributed by atoms with van der Waals surface area (Å²) in [6.07, 6.45) is 0.722. The number of rotatable bonds is 13. The van der Waals surface area contributed by atoms with E-state index < -0.39 is 10.0 Å². The quantitative estimate of drug-likeness (QED) is 0.425. The van der Waals surface area contributed by atoms with Crippen LogP contribution in [0.2, 0.25) is 0 Å². The number of hydrogen-bond acceptors (Lipinski definition) is 6. The molecule has 0 aliphatic carbocycles. The normalized spacial score (nSPS) is 11.5. The fourth-order valence-electron chi connectivity index (χ4n) is 3.06. The second kappa shape index (κ2) is 13.0. The van der Waals surface area contributed by atoms with Crippen LogP contribution in [0.15, 0.2) is 59.5 Å². The summed E-state index contributed by atoms with van der Waals surface area (Å²) in [4.78, 5) is 25.9. The van der Waals surface area contributed by atoms with E-state index in [1.807, 2.05) is 30.3 Å². The molecular formula is C23H32N4O5S. The van der Waals surface area contributed by atoms with Gasteiger partial charge in [0.15, 0.2) is 0 Å². The number of likely N-dealkylation sites (N-methyl/N-ethyl adjacent to an activating group) is 1. The summed E-state index contributed by atoms with van der Waals surface area (Å²) in [5.41, 5.74) is 1.36. The van der Waals surface area contributed by atoms with Crippen LogP contribution in [0.1, 0.15) is 12.0 Å². The number of nitrogens with zero attached hydrogens (tertiary/aromatic N) is 2. The highest BCUT2D eigenvalue weighted by atomic mass is 32.2. The number of amides is 2. The van der Waals surface area contributed by atoms with Gasteiger partial charge in [-0.15, -0.1) is 0 Å². The Morgan fingerprint density at radius 3 is 2.21 bits per heavy atom. The second-order valence-electron chi connectivity index (χ2n) is 7.69. The van der Waals surface area contributed by atoms with Crippen molar-refractivity contribution < 1.29 is 22.7 Å². The molecule has 9 nitrogen and oxygen atoms in total. The Bertz CT molecular complexity index is 997. The van der Waals surface area contributed by atoms with E-state index in [4.69, 9.17) is 4.74 Å². The lowest BCUT2D eigenvalue weighted by Gasteiger charge is -2.18. The van der Waals surface area contributed by atoms with Crippen LogP contribution in [-0.2, 0) is 30.9 Å². The molecule has 180 valence electrons. The molecule has 0 saturated carbocycles. The Hall–Kier alpha value is -2.79. The van der Waals surface area contributed by atoms with Crippen molar-refractivity contribution in [3.05, 3.63) is 60.2 Å². The van der Waals surface area contributed by atoms with Crippen molar-refractivity contribution in [3.8, 4) is 0 Å². The van der Waals surface area contributed by atoms with Crippen LogP contribution >= 0.6 is 0 Å². The first-order chi connectivity index (χ1) is 15.7. The summed E-state index contributed by atoms with van der Waals surface area (Å²) in [5, 5.41) is 5.48. The largest absolute Gasteiger partial charge is 0.385 e. The van der Waals surface area contributed by atoms with Crippen LogP contribution in [-0.4, -0.2) is 76.9 Å². The third-order valence-corrected chi connectivity index (χ3v) is 6.59. The van der Waals surface area contributed by atoms with Gasteiger partial charge in [0.1, 0.15) is 0 Å². The van der Waals surface area contributed by atoms with E-state index >= 15 is 0 Å². The number of ether oxygens (including phenoxy) is 1. The van der Waals surface area contributed by atoms with Gasteiger partial charge in [-0.25, -0.2) is 8.42 Å². The lowest BCUT2D eigenvalue weighted by molar-refractivity contribution is -0.123. The van der Waals surface area contributed by atoms with Crippen LogP contribution in [0.5, 0.6) is 0 Å². The predicted molar refractivity (Wildman–Crippen MR) is 127 cm³/mol. The molecule has 0 aliphatic heterocycles. The lowest BCUT2D eigenvalue weighted by Crippen LogP contribution is -2.39. The molecule has 0 atom stereocenters. The Morgan fingerprint density at radius 2 is 1.58 bits per heavy atom. The van der Waals surface area contributed by atoms with Gasteiger partial charge in [0, 0.05) is 39.5 Å². The highest BCUT2D eigenvalue weighted by Crippen LogP contribution is 2.19. The maximum atomic E-state index is 12.8. The Morgan fingerprint density at radius 1 is 0.939 bits per heavy atom. The second-order valence-corrected chi connectivity index (χ2v) is 9.73. The third-order valence-electron chi connectivity index (χ3n) is 4.77. The van der Waals surface area contributed by atoms with Gasteiger partial charge in [-0.1, -0.05) is 30.3 Å². The number of nitrogens with one attached hydrogen (secondary N) is 2. The summed E-state index contributed by atoms with van der Waals surface area (Å²) in [6.45, 7) is 1.45. The molecule has 0 saturated heterocycles.